The van der Waals surface area contributed by atoms with Crippen LogP contribution in [0.25, 0.3) is 0 Å². The molecule has 1 atom stereocenters. The number of carbonyl (C=O) groups excluding carboxylic acids is 1. The molecule has 2 aromatic rings. The summed E-state index contributed by atoms with van der Waals surface area (Å²) in [5.41, 5.74) is 1.12. The minimum absolute atomic E-state index is 0.0603. The topological polar surface area (TPSA) is 29.1 Å². The van der Waals surface area contributed by atoms with E-state index in [2.05, 4.69) is 21.2 Å². The van der Waals surface area contributed by atoms with Crippen molar-refractivity contribution in [1.29, 1.82) is 0 Å². The Morgan fingerprint density at radius 2 is 1.81 bits per heavy atom. The third kappa shape index (κ3) is 5.21. The zero-order valence-electron chi connectivity index (χ0n) is 11.9. The Labute approximate surface area is 138 Å². The van der Waals surface area contributed by atoms with Crippen molar-refractivity contribution in [2.45, 2.75) is 30.0 Å². The highest BCUT2D eigenvalue weighted by molar-refractivity contribution is 9.10. The van der Waals surface area contributed by atoms with Crippen LogP contribution in [-0.2, 0) is 11.3 Å². The average molecular weight is 364 g/mol. The van der Waals surface area contributed by atoms with Gasteiger partial charge in [0.15, 0.2) is 0 Å². The summed E-state index contributed by atoms with van der Waals surface area (Å²) in [6.07, 6.45) is 0.807. The van der Waals surface area contributed by atoms with E-state index < -0.39 is 0 Å². The van der Waals surface area contributed by atoms with E-state index >= 15 is 0 Å². The summed E-state index contributed by atoms with van der Waals surface area (Å²) in [4.78, 5) is 13.4. The van der Waals surface area contributed by atoms with Gasteiger partial charge in [0.25, 0.3) is 0 Å². The summed E-state index contributed by atoms with van der Waals surface area (Å²) >= 11 is 5.03. The molecule has 0 bridgehead atoms. The van der Waals surface area contributed by atoms with Gasteiger partial charge in [-0.05, 0) is 36.2 Å². The smallest absolute Gasteiger partial charge is 0.233 e. The third-order valence-electron chi connectivity index (χ3n) is 3.06. The maximum absolute atomic E-state index is 12.3. The summed E-state index contributed by atoms with van der Waals surface area (Å²) in [6.45, 7) is 2.62. The van der Waals surface area contributed by atoms with Crippen molar-refractivity contribution < 1.29 is 4.79 Å². The van der Waals surface area contributed by atoms with Gasteiger partial charge in [0.2, 0.25) is 5.91 Å². The number of hydrogen-bond donors (Lipinski definition) is 1. The Hall–Kier alpha value is -1.26. The van der Waals surface area contributed by atoms with Crippen LogP contribution in [0.3, 0.4) is 0 Å². The summed E-state index contributed by atoms with van der Waals surface area (Å²) in [5, 5.41) is 2.95. The molecule has 1 amide bonds. The van der Waals surface area contributed by atoms with E-state index in [0.29, 0.717) is 6.54 Å². The lowest BCUT2D eigenvalue weighted by Gasteiger charge is -2.15. The summed E-state index contributed by atoms with van der Waals surface area (Å²) in [7, 11) is 0. The number of nitrogens with one attached hydrogen (secondary N) is 1. The summed E-state index contributed by atoms with van der Waals surface area (Å²) in [6, 6.07) is 18.0. The first-order valence-electron chi connectivity index (χ1n) is 6.93. The van der Waals surface area contributed by atoms with Gasteiger partial charge in [0.1, 0.15) is 0 Å². The standard InChI is InChI=1S/C17H18BrNOS/c1-2-16(21-15-10-8-14(18)9-11-15)17(20)19-12-13-6-4-3-5-7-13/h3-11,16H,2,12H2,1H3,(H,19,20). The molecule has 4 heteroatoms. The molecule has 2 nitrogen and oxygen atoms in total. The number of carbonyl (C=O) groups is 1. The van der Waals surface area contributed by atoms with Crippen molar-refractivity contribution >= 4 is 33.6 Å². The third-order valence-corrected chi connectivity index (χ3v) is 4.97. The number of amides is 1. The first kappa shape index (κ1) is 16.1. The van der Waals surface area contributed by atoms with E-state index in [4.69, 9.17) is 0 Å². The van der Waals surface area contributed by atoms with Crippen molar-refractivity contribution in [3.8, 4) is 0 Å². The fourth-order valence-electron chi connectivity index (χ4n) is 1.90. The molecule has 2 aromatic carbocycles. The molecule has 2 rings (SSSR count). The second-order valence-electron chi connectivity index (χ2n) is 4.67. The molecular weight excluding hydrogens is 346 g/mol. The second-order valence-corrected chi connectivity index (χ2v) is 6.86. The van der Waals surface area contributed by atoms with E-state index in [1.165, 1.54) is 0 Å². The molecule has 0 aliphatic rings. The van der Waals surface area contributed by atoms with Crippen molar-refractivity contribution in [2.24, 2.45) is 0 Å². The van der Waals surface area contributed by atoms with Crippen LogP contribution in [0, 0.1) is 0 Å². The predicted octanol–water partition coefficient (Wildman–Crippen LogP) is 4.64. The molecule has 0 aliphatic heterocycles. The molecule has 0 fully saturated rings. The van der Waals surface area contributed by atoms with Crippen molar-refractivity contribution in [1.82, 2.24) is 5.32 Å². The number of rotatable bonds is 6. The van der Waals surface area contributed by atoms with E-state index in [-0.39, 0.29) is 11.2 Å². The lowest BCUT2D eigenvalue weighted by Crippen LogP contribution is -2.31. The molecule has 0 aromatic heterocycles. The highest BCUT2D eigenvalue weighted by Crippen LogP contribution is 2.26. The van der Waals surface area contributed by atoms with Crippen LogP contribution in [0.15, 0.2) is 64.0 Å². The average Bonchev–Trinajstić information content (AvgIpc) is 2.53. The zero-order valence-corrected chi connectivity index (χ0v) is 14.3. The summed E-state index contributed by atoms with van der Waals surface area (Å²) in [5.74, 6) is 0.0919. The minimum Gasteiger partial charge on any atom is -0.351 e. The largest absolute Gasteiger partial charge is 0.351 e. The van der Waals surface area contributed by atoms with Gasteiger partial charge in [-0.15, -0.1) is 11.8 Å². The first-order valence-corrected chi connectivity index (χ1v) is 8.60. The van der Waals surface area contributed by atoms with Gasteiger partial charge < -0.3 is 5.32 Å². The molecule has 0 saturated carbocycles. The normalized spacial score (nSPS) is 11.9. The van der Waals surface area contributed by atoms with Gasteiger partial charge in [-0.2, -0.15) is 0 Å². The van der Waals surface area contributed by atoms with Crippen molar-refractivity contribution in [3.63, 3.8) is 0 Å². The maximum atomic E-state index is 12.3. The Bertz CT molecular complexity index is 571. The Balaban J connectivity index is 1.90. The van der Waals surface area contributed by atoms with Crippen LogP contribution in [0.1, 0.15) is 18.9 Å². The van der Waals surface area contributed by atoms with Crippen LogP contribution < -0.4 is 5.32 Å². The van der Waals surface area contributed by atoms with Gasteiger partial charge in [0.05, 0.1) is 5.25 Å². The van der Waals surface area contributed by atoms with Crippen LogP contribution in [-0.4, -0.2) is 11.2 Å². The van der Waals surface area contributed by atoms with Crippen LogP contribution in [0.2, 0.25) is 0 Å². The Morgan fingerprint density at radius 1 is 1.14 bits per heavy atom. The summed E-state index contributed by atoms with van der Waals surface area (Å²) < 4.78 is 1.05. The monoisotopic (exact) mass is 363 g/mol. The molecule has 1 unspecified atom stereocenters. The van der Waals surface area contributed by atoms with Gasteiger partial charge in [-0.3, -0.25) is 4.79 Å². The molecule has 0 spiro atoms. The van der Waals surface area contributed by atoms with Gasteiger partial charge in [-0.25, -0.2) is 0 Å². The number of hydrogen-bond acceptors (Lipinski definition) is 2. The number of thioether (sulfide) groups is 1. The molecule has 0 saturated heterocycles. The molecule has 0 radical (unpaired) electrons. The molecule has 0 aliphatic carbocycles. The Morgan fingerprint density at radius 3 is 2.43 bits per heavy atom. The highest BCUT2D eigenvalue weighted by Gasteiger charge is 2.17. The number of halogens is 1. The van der Waals surface area contributed by atoms with Crippen molar-refractivity contribution in [3.05, 3.63) is 64.6 Å². The first-order chi connectivity index (χ1) is 10.2. The van der Waals surface area contributed by atoms with Crippen LogP contribution in [0.5, 0.6) is 0 Å². The highest BCUT2D eigenvalue weighted by atomic mass is 79.9. The molecule has 110 valence electrons. The minimum atomic E-state index is -0.0603. The fraction of sp³-hybridized carbons (Fsp3) is 0.235. The van der Waals surface area contributed by atoms with E-state index in [9.17, 15) is 4.79 Å². The lowest BCUT2D eigenvalue weighted by molar-refractivity contribution is -0.120. The molecule has 0 heterocycles. The van der Waals surface area contributed by atoms with Gasteiger partial charge >= 0.3 is 0 Å². The van der Waals surface area contributed by atoms with E-state index in [0.717, 1.165) is 21.4 Å². The van der Waals surface area contributed by atoms with Crippen LogP contribution >= 0.6 is 27.7 Å². The lowest BCUT2D eigenvalue weighted by atomic mass is 10.2. The Kier molecular flexibility index (Phi) is 6.33. The molecular formula is C17H18BrNOS. The quantitative estimate of drug-likeness (QED) is 0.757. The predicted molar refractivity (Wildman–Crippen MR) is 92.4 cm³/mol. The van der Waals surface area contributed by atoms with Gasteiger partial charge in [-0.1, -0.05) is 53.2 Å². The van der Waals surface area contributed by atoms with E-state index in [1.54, 1.807) is 11.8 Å². The second kappa shape index (κ2) is 8.25. The van der Waals surface area contributed by atoms with Crippen molar-refractivity contribution in [2.75, 3.05) is 0 Å². The zero-order chi connectivity index (χ0) is 15.1. The molecule has 1 N–H and O–H groups in total. The number of benzene rings is 2. The van der Waals surface area contributed by atoms with Gasteiger partial charge in [0, 0.05) is 15.9 Å². The SMILES string of the molecule is CCC(Sc1ccc(Br)cc1)C(=O)NCc1ccccc1. The molecule has 21 heavy (non-hydrogen) atoms. The maximum Gasteiger partial charge on any atom is 0.233 e. The van der Waals surface area contributed by atoms with E-state index in [1.807, 2.05) is 61.5 Å². The fourth-order valence-corrected chi connectivity index (χ4v) is 3.14. The van der Waals surface area contributed by atoms with Crippen LogP contribution in [0.4, 0.5) is 0 Å².